The Kier molecular flexibility index (Phi) is 12.0. The van der Waals surface area contributed by atoms with Crippen LogP contribution < -0.4 is 15.3 Å². The number of aromatic nitrogens is 2. The molecular weight excluding hydrogens is 759 g/mol. The largest absolute Gasteiger partial charge is 0.462 e. The van der Waals surface area contributed by atoms with Crippen LogP contribution in [-0.2, 0) is 52.5 Å². The molecule has 298 valence electrons. The molecule has 3 heterocycles. The van der Waals surface area contributed by atoms with Gasteiger partial charge in [-0.1, -0.05) is 42.5 Å². The highest BCUT2D eigenvalue weighted by atomic mass is 31.2. The van der Waals surface area contributed by atoms with Crippen LogP contribution in [0.15, 0.2) is 82.1 Å². The Morgan fingerprint density at radius 3 is 2.55 bits per heavy atom. The van der Waals surface area contributed by atoms with Crippen LogP contribution in [0.3, 0.4) is 0 Å². The predicted molar refractivity (Wildman–Crippen MR) is 196 cm³/mol. The number of esters is 2. The molecule has 1 fully saturated rings. The zero-order valence-corrected chi connectivity index (χ0v) is 31.6. The van der Waals surface area contributed by atoms with Gasteiger partial charge in [0.05, 0.1) is 31.4 Å². The molecule has 0 aliphatic carbocycles. The predicted octanol–water partition coefficient (Wildman–Crippen LogP) is 5.26. The fourth-order valence-corrected chi connectivity index (χ4v) is 7.63. The molecule has 56 heavy (non-hydrogen) atoms. The molecular formula is C38H40F2N3O12P. The third-order valence-electron chi connectivity index (χ3n) is 8.71. The first kappa shape index (κ1) is 40.6. The average Bonchev–Trinajstić information content (AvgIpc) is 3.66. The van der Waals surface area contributed by atoms with E-state index < -0.39 is 74.9 Å². The molecule has 1 unspecified atom stereocenters. The van der Waals surface area contributed by atoms with E-state index in [1.54, 1.807) is 62.4 Å². The number of rotatable bonds is 15. The number of carbonyl (C=O) groups excluding carboxylic acids is 2. The number of nitrogens with one attached hydrogen (secondary N) is 1. The van der Waals surface area contributed by atoms with Crippen LogP contribution in [-0.4, -0.2) is 68.6 Å². The minimum Gasteiger partial charge on any atom is -0.462 e. The van der Waals surface area contributed by atoms with Crippen LogP contribution in [0.4, 0.5) is 8.78 Å². The maximum Gasteiger partial charge on any atom is 0.459 e. The summed E-state index contributed by atoms with van der Waals surface area (Å²) in [4.78, 5) is 41.9. The van der Waals surface area contributed by atoms with Crippen molar-refractivity contribution in [2.45, 2.75) is 83.8 Å². The normalized spacial score (nSPS) is 19.6. The Labute approximate surface area is 318 Å². The van der Waals surface area contributed by atoms with Crippen LogP contribution in [0, 0.1) is 6.92 Å². The number of furan rings is 1. The van der Waals surface area contributed by atoms with Gasteiger partial charge in [0.25, 0.3) is 0 Å². The summed E-state index contributed by atoms with van der Waals surface area (Å²) in [5.41, 5.74) is 0.621. The van der Waals surface area contributed by atoms with E-state index in [4.69, 9.17) is 27.7 Å². The maximum atomic E-state index is 15.5. The Hall–Kier alpha value is -5.03. The summed E-state index contributed by atoms with van der Waals surface area (Å²) in [5, 5.41) is 24.7. The summed E-state index contributed by atoms with van der Waals surface area (Å²) < 4.78 is 78.6. The van der Waals surface area contributed by atoms with Gasteiger partial charge in [-0.25, -0.2) is 9.36 Å². The molecule has 1 aliphatic heterocycles. The molecule has 5 atom stereocenters. The quantitative estimate of drug-likeness (QED) is 0.0916. The molecule has 6 rings (SSSR count). The molecule has 2 aromatic heterocycles. The molecule has 0 bridgehead atoms. The first-order chi connectivity index (χ1) is 26.6. The van der Waals surface area contributed by atoms with Crippen molar-refractivity contribution in [1.82, 2.24) is 14.6 Å². The number of alkyl halides is 2. The van der Waals surface area contributed by atoms with Crippen LogP contribution in [0.1, 0.15) is 49.6 Å². The zero-order valence-electron chi connectivity index (χ0n) is 30.7. The van der Waals surface area contributed by atoms with E-state index in [1.165, 1.54) is 13.0 Å². The molecule has 15 nitrogen and oxygen atoms in total. The molecule has 1 aliphatic rings. The van der Waals surface area contributed by atoms with Gasteiger partial charge in [-0.05, 0) is 62.9 Å². The standard InChI is InChI=1S/C38H40F2N3O12P/c1-21(2)52-35(47)23(4)42-56(49,55-30-11-7-9-24-8-5-6-10-29(24)30)51-20-31-34(46)38(39,40)36(54-31)43-13-12-27(41-37(43)48)17-32(45)50-19-28-16-25-14-22(3)15-26(18-44)33(25)53-28/h5-16,21,23,31,34,36,44,46H,17-20H2,1-4H3,(H,42,49)/t23-,31+,34+,36+,56?/m0/s1. The van der Waals surface area contributed by atoms with Gasteiger partial charge in [0, 0.05) is 22.5 Å². The van der Waals surface area contributed by atoms with Gasteiger partial charge in [-0.3, -0.25) is 18.7 Å². The summed E-state index contributed by atoms with van der Waals surface area (Å²) in [6.07, 6.45) is -6.84. The second-order valence-corrected chi connectivity index (χ2v) is 15.2. The minimum absolute atomic E-state index is 0.0855. The van der Waals surface area contributed by atoms with Crippen molar-refractivity contribution in [3.8, 4) is 5.75 Å². The molecule has 3 aromatic carbocycles. The lowest BCUT2D eigenvalue weighted by Gasteiger charge is -2.25. The number of hydrogen-bond donors (Lipinski definition) is 3. The highest BCUT2D eigenvalue weighted by Crippen LogP contribution is 2.49. The van der Waals surface area contributed by atoms with Gasteiger partial charge in [0.2, 0.25) is 6.23 Å². The van der Waals surface area contributed by atoms with Gasteiger partial charge < -0.3 is 33.4 Å². The lowest BCUT2D eigenvalue weighted by atomic mass is 10.1. The van der Waals surface area contributed by atoms with Crippen LogP contribution in [0.5, 0.6) is 5.75 Å². The molecule has 1 saturated heterocycles. The van der Waals surface area contributed by atoms with Gasteiger partial charge >= 0.3 is 31.3 Å². The SMILES string of the molecule is Cc1cc(CO)c2oc(COC(=O)Cc3ccn([C@@H]4O[C@H](COP(=O)(N[C@@H](C)C(=O)OC(C)C)Oc5cccc6ccccc56)[C@@H](O)C4(F)F)c(=O)n3)cc2c1. The molecule has 0 amide bonds. The molecule has 18 heteroatoms. The van der Waals surface area contributed by atoms with E-state index in [2.05, 4.69) is 10.1 Å². The molecule has 3 N–H and O–H groups in total. The third kappa shape index (κ3) is 8.99. The number of hydrogen-bond acceptors (Lipinski definition) is 13. The van der Waals surface area contributed by atoms with E-state index in [1.807, 2.05) is 13.0 Å². The number of aliphatic hydroxyl groups is 2. The van der Waals surface area contributed by atoms with E-state index in [0.29, 0.717) is 32.2 Å². The van der Waals surface area contributed by atoms with E-state index in [0.717, 1.165) is 23.2 Å². The highest BCUT2D eigenvalue weighted by molar-refractivity contribution is 7.52. The Morgan fingerprint density at radius 2 is 1.82 bits per heavy atom. The monoisotopic (exact) mass is 799 g/mol. The average molecular weight is 800 g/mol. The van der Waals surface area contributed by atoms with Crippen LogP contribution in [0.2, 0.25) is 0 Å². The smallest absolute Gasteiger partial charge is 0.459 e. The first-order valence-corrected chi connectivity index (χ1v) is 19.1. The van der Waals surface area contributed by atoms with E-state index in [9.17, 15) is 29.2 Å². The molecule has 0 spiro atoms. The van der Waals surface area contributed by atoms with E-state index in [-0.39, 0.29) is 24.7 Å². The van der Waals surface area contributed by atoms with Gasteiger partial charge in [0.1, 0.15) is 35.8 Å². The van der Waals surface area contributed by atoms with Crippen molar-refractivity contribution in [2.75, 3.05) is 6.61 Å². The third-order valence-corrected chi connectivity index (χ3v) is 10.3. The van der Waals surface area contributed by atoms with Crippen molar-refractivity contribution in [3.05, 3.63) is 106 Å². The second kappa shape index (κ2) is 16.6. The van der Waals surface area contributed by atoms with Crippen molar-refractivity contribution in [1.29, 1.82) is 0 Å². The number of fused-ring (bicyclic) bond motifs is 2. The fraction of sp³-hybridized carbons (Fsp3) is 0.368. The summed E-state index contributed by atoms with van der Waals surface area (Å²) in [6.45, 7) is 5.00. The maximum absolute atomic E-state index is 15.5. The van der Waals surface area contributed by atoms with Crippen molar-refractivity contribution >= 4 is 41.4 Å². The topological polar surface area (TPSA) is 198 Å². The fourth-order valence-electron chi connectivity index (χ4n) is 6.10. The minimum atomic E-state index is -4.61. The molecule has 0 radical (unpaired) electrons. The summed E-state index contributed by atoms with van der Waals surface area (Å²) in [6, 6.07) is 17.1. The summed E-state index contributed by atoms with van der Waals surface area (Å²) in [7, 11) is -4.61. The Balaban J connectivity index is 1.13. The number of halogens is 2. The lowest BCUT2D eigenvalue weighted by Crippen LogP contribution is -2.42. The summed E-state index contributed by atoms with van der Waals surface area (Å²) in [5.74, 6) is -5.27. The first-order valence-electron chi connectivity index (χ1n) is 17.5. The number of aryl methyl sites for hydroxylation is 1. The number of nitrogens with zero attached hydrogens (tertiary/aromatic N) is 2. The number of ether oxygens (including phenoxy) is 3. The molecule has 0 saturated carbocycles. The van der Waals surface area contributed by atoms with Crippen molar-refractivity contribution in [2.24, 2.45) is 0 Å². The summed E-state index contributed by atoms with van der Waals surface area (Å²) >= 11 is 0. The van der Waals surface area contributed by atoms with Crippen molar-refractivity contribution < 1.29 is 60.8 Å². The van der Waals surface area contributed by atoms with Gasteiger partial charge in [0.15, 0.2) is 6.10 Å². The Morgan fingerprint density at radius 1 is 1.07 bits per heavy atom. The second-order valence-electron chi connectivity index (χ2n) is 13.5. The van der Waals surface area contributed by atoms with Crippen molar-refractivity contribution in [3.63, 3.8) is 0 Å². The number of carbonyl (C=O) groups is 2. The highest BCUT2D eigenvalue weighted by Gasteiger charge is 2.60. The number of aliphatic hydroxyl groups excluding tert-OH is 2. The Bertz CT molecular complexity index is 2340. The van der Waals surface area contributed by atoms with Gasteiger partial charge in [-0.15, -0.1) is 0 Å². The lowest BCUT2D eigenvalue weighted by molar-refractivity contribution is -0.149. The van der Waals surface area contributed by atoms with Crippen LogP contribution >= 0.6 is 7.75 Å². The molecule has 5 aromatic rings. The van der Waals surface area contributed by atoms with Gasteiger partial charge in [-0.2, -0.15) is 18.9 Å². The number of benzene rings is 3. The van der Waals surface area contributed by atoms with E-state index >= 15 is 8.78 Å². The zero-order chi connectivity index (χ0) is 40.4. The van der Waals surface area contributed by atoms with Crippen LogP contribution in [0.25, 0.3) is 21.7 Å².